The molecule has 0 unspecified atom stereocenters. The fraction of sp³-hybridized carbons (Fsp3) is 0.462. The second-order valence-electron chi connectivity index (χ2n) is 4.92. The smallest absolute Gasteiger partial charge is 0.416 e. The standard InChI is InChI=1S/C13H15F3O2/c1-12(2,3)18-11(17)8-9-6-4-5-7-10(9)13(14,15)16/h4-7H,8H2,1-3H3. The summed E-state index contributed by atoms with van der Waals surface area (Å²) in [4.78, 5) is 11.5. The number of esters is 1. The monoisotopic (exact) mass is 260 g/mol. The molecule has 0 spiro atoms. The number of hydrogen-bond acceptors (Lipinski definition) is 2. The molecule has 0 saturated carbocycles. The van der Waals surface area contributed by atoms with Crippen LogP contribution in [0, 0.1) is 0 Å². The molecular weight excluding hydrogens is 245 g/mol. The molecule has 0 bridgehead atoms. The first-order valence-corrected chi connectivity index (χ1v) is 5.46. The van der Waals surface area contributed by atoms with Gasteiger partial charge in [0, 0.05) is 0 Å². The Bertz CT molecular complexity index is 431. The van der Waals surface area contributed by atoms with E-state index in [-0.39, 0.29) is 12.0 Å². The normalized spacial score (nSPS) is 12.3. The Morgan fingerprint density at radius 2 is 1.72 bits per heavy atom. The maximum absolute atomic E-state index is 12.7. The van der Waals surface area contributed by atoms with Gasteiger partial charge in [-0.15, -0.1) is 0 Å². The summed E-state index contributed by atoms with van der Waals surface area (Å²) in [5, 5.41) is 0. The van der Waals surface area contributed by atoms with Gasteiger partial charge in [-0.3, -0.25) is 4.79 Å². The summed E-state index contributed by atoms with van der Waals surface area (Å²) in [5.74, 6) is -0.667. The van der Waals surface area contributed by atoms with Crippen molar-refractivity contribution in [3.8, 4) is 0 Å². The molecule has 1 aromatic carbocycles. The number of benzene rings is 1. The van der Waals surface area contributed by atoms with E-state index in [1.165, 1.54) is 18.2 Å². The molecule has 18 heavy (non-hydrogen) atoms. The Morgan fingerprint density at radius 1 is 1.17 bits per heavy atom. The van der Waals surface area contributed by atoms with Gasteiger partial charge in [-0.25, -0.2) is 0 Å². The van der Waals surface area contributed by atoms with Crippen molar-refractivity contribution in [3.63, 3.8) is 0 Å². The van der Waals surface area contributed by atoms with E-state index >= 15 is 0 Å². The van der Waals surface area contributed by atoms with Crippen LogP contribution >= 0.6 is 0 Å². The van der Waals surface area contributed by atoms with Gasteiger partial charge in [0.2, 0.25) is 0 Å². The summed E-state index contributed by atoms with van der Waals surface area (Å²) < 4.78 is 43.1. The third-order valence-corrected chi connectivity index (χ3v) is 2.08. The van der Waals surface area contributed by atoms with Crippen LogP contribution in [0.1, 0.15) is 31.9 Å². The predicted octanol–water partition coefficient (Wildman–Crippen LogP) is 3.59. The second kappa shape index (κ2) is 5.00. The summed E-state index contributed by atoms with van der Waals surface area (Å²) in [7, 11) is 0. The molecule has 0 aromatic heterocycles. The molecule has 5 heteroatoms. The number of hydrogen-bond donors (Lipinski definition) is 0. The Balaban J connectivity index is 2.89. The van der Waals surface area contributed by atoms with Crippen LogP contribution in [0.2, 0.25) is 0 Å². The van der Waals surface area contributed by atoms with E-state index in [2.05, 4.69) is 0 Å². The van der Waals surface area contributed by atoms with E-state index in [1.807, 2.05) is 0 Å². The van der Waals surface area contributed by atoms with Crippen molar-refractivity contribution >= 4 is 5.97 Å². The largest absolute Gasteiger partial charge is 0.460 e. The zero-order valence-electron chi connectivity index (χ0n) is 10.5. The molecule has 0 aliphatic rings. The van der Waals surface area contributed by atoms with Crippen molar-refractivity contribution in [1.29, 1.82) is 0 Å². The van der Waals surface area contributed by atoms with Crippen LogP contribution in [0.4, 0.5) is 13.2 Å². The Morgan fingerprint density at radius 3 is 2.22 bits per heavy atom. The van der Waals surface area contributed by atoms with Crippen LogP contribution in [-0.2, 0) is 22.1 Å². The Hall–Kier alpha value is -1.52. The van der Waals surface area contributed by atoms with Crippen molar-refractivity contribution in [3.05, 3.63) is 35.4 Å². The summed E-state index contributed by atoms with van der Waals surface area (Å²) >= 11 is 0. The fourth-order valence-electron chi connectivity index (χ4n) is 1.48. The van der Waals surface area contributed by atoms with Crippen LogP contribution in [0.3, 0.4) is 0 Å². The molecule has 0 amide bonds. The maximum Gasteiger partial charge on any atom is 0.416 e. The van der Waals surface area contributed by atoms with Gasteiger partial charge in [0.25, 0.3) is 0 Å². The number of carbonyl (C=O) groups is 1. The highest BCUT2D eigenvalue weighted by molar-refractivity contribution is 5.73. The number of carbonyl (C=O) groups excluding carboxylic acids is 1. The lowest BCUT2D eigenvalue weighted by Gasteiger charge is -2.20. The minimum atomic E-state index is -4.46. The van der Waals surface area contributed by atoms with Gasteiger partial charge in [-0.1, -0.05) is 18.2 Å². The van der Waals surface area contributed by atoms with Crippen molar-refractivity contribution in [2.45, 2.75) is 39.0 Å². The van der Waals surface area contributed by atoms with E-state index in [9.17, 15) is 18.0 Å². The fourth-order valence-corrected chi connectivity index (χ4v) is 1.48. The first-order valence-electron chi connectivity index (χ1n) is 5.46. The van der Waals surface area contributed by atoms with Crippen LogP contribution in [0.25, 0.3) is 0 Å². The van der Waals surface area contributed by atoms with Crippen LogP contribution in [0.5, 0.6) is 0 Å². The number of alkyl halides is 3. The van der Waals surface area contributed by atoms with E-state index in [4.69, 9.17) is 4.74 Å². The molecule has 0 fully saturated rings. The lowest BCUT2D eigenvalue weighted by Crippen LogP contribution is -2.25. The molecular formula is C13H15F3O2. The van der Waals surface area contributed by atoms with Gasteiger partial charge < -0.3 is 4.74 Å². The van der Waals surface area contributed by atoms with E-state index in [1.54, 1.807) is 20.8 Å². The lowest BCUT2D eigenvalue weighted by molar-refractivity contribution is -0.154. The SMILES string of the molecule is CC(C)(C)OC(=O)Cc1ccccc1C(F)(F)F. The molecule has 0 aliphatic carbocycles. The second-order valence-corrected chi connectivity index (χ2v) is 4.92. The molecule has 100 valence electrons. The summed E-state index contributed by atoms with van der Waals surface area (Å²) in [6.07, 6.45) is -4.84. The average Bonchev–Trinajstić information content (AvgIpc) is 2.13. The number of rotatable bonds is 2. The molecule has 0 N–H and O–H groups in total. The highest BCUT2D eigenvalue weighted by Crippen LogP contribution is 2.32. The van der Waals surface area contributed by atoms with Gasteiger partial charge >= 0.3 is 12.1 Å². The third-order valence-electron chi connectivity index (χ3n) is 2.08. The first kappa shape index (κ1) is 14.5. The number of halogens is 3. The minimum absolute atomic E-state index is 0.0701. The molecule has 0 radical (unpaired) electrons. The maximum atomic E-state index is 12.7. The molecule has 1 aromatic rings. The predicted molar refractivity (Wildman–Crippen MR) is 61.0 cm³/mol. The van der Waals surface area contributed by atoms with Crippen LogP contribution in [0.15, 0.2) is 24.3 Å². The quantitative estimate of drug-likeness (QED) is 0.759. The van der Waals surface area contributed by atoms with Gasteiger partial charge in [-0.05, 0) is 32.4 Å². The number of ether oxygens (including phenoxy) is 1. The molecule has 0 atom stereocenters. The van der Waals surface area contributed by atoms with Crippen molar-refractivity contribution in [1.82, 2.24) is 0 Å². The van der Waals surface area contributed by atoms with Gasteiger partial charge in [0.15, 0.2) is 0 Å². The molecule has 2 nitrogen and oxygen atoms in total. The average molecular weight is 260 g/mol. The molecule has 1 rings (SSSR count). The zero-order valence-corrected chi connectivity index (χ0v) is 10.5. The highest BCUT2D eigenvalue weighted by atomic mass is 19.4. The van der Waals surface area contributed by atoms with Gasteiger partial charge in [0.05, 0.1) is 12.0 Å². The molecule has 0 heterocycles. The van der Waals surface area contributed by atoms with E-state index < -0.39 is 23.3 Å². The zero-order chi connectivity index (χ0) is 14.0. The minimum Gasteiger partial charge on any atom is -0.460 e. The van der Waals surface area contributed by atoms with E-state index in [0.29, 0.717) is 0 Å². The molecule has 0 aliphatic heterocycles. The third kappa shape index (κ3) is 4.39. The summed E-state index contributed by atoms with van der Waals surface area (Å²) in [6, 6.07) is 5.00. The lowest BCUT2D eigenvalue weighted by atomic mass is 10.0. The van der Waals surface area contributed by atoms with Crippen molar-refractivity contribution in [2.24, 2.45) is 0 Å². The van der Waals surface area contributed by atoms with Crippen LogP contribution in [-0.4, -0.2) is 11.6 Å². The Labute approximate surface area is 104 Å². The topological polar surface area (TPSA) is 26.3 Å². The first-order chi connectivity index (χ1) is 8.09. The Kier molecular flexibility index (Phi) is 4.04. The van der Waals surface area contributed by atoms with E-state index in [0.717, 1.165) is 6.07 Å². The van der Waals surface area contributed by atoms with Gasteiger partial charge in [-0.2, -0.15) is 13.2 Å². The van der Waals surface area contributed by atoms with Crippen molar-refractivity contribution < 1.29 is 22.7 Å². The summed E-state index contributed by atoms with van der Waals surface area (Å²) in [5.41, 5.74) is -1.57. The molecule has 0 saturated heterocycles. The van der Waals surface area contributed by atoms with Gasteiger partial charge in [0.1, 0.15) is 5.60 Å². The summed E-state index contributed by atoms with van der Waals surface area (Å²) in [6.45, 7) is 5.00. The van der Waals surface area contributed by atoms with Crippen molar-refractivity contribution in [2.75, 3.05) is 0 Å². The van der Waals surface area contributed by atoms with Crippen LogP contribution < -0.4 is 0 Å². The highest BCUT2D eigenvalue weighted by Gasteiger charge is 2.33.